The van der Waals surface area contributed by atoms with Gasteiger partial charge >= 0.3 is 0 Å². The molecule has 1 N–H and O–H groups in total. The van der Waals surface area contributed by atoms with Gasteiger partial charge in [-0.05, 0) is 31.0 Å². The minimum atomic E-state index is -0.0505. The molecular formula is C14H17N3O. The molecule has 2 rings (SSSR count). The lowest BCUT2D eigenvalue weighted by atomic mass is 10.1. The molecule has 1 amide bonds. The smallest absolute Gasteiger partial charge is 0.261 e. The summed E-state index contributed by atoms with van der Waals surface area (Å²) in [6.45, 7) is 3.95. The highest BCUT2D eigenvalue weighted by Gasteiger charge is 2.16. The fraction of sp³-hybridized carbons (Fsp3) is 0.286. The van der Waals surface area contributed by atoms with Crippen LogP contribution in [0.5, 0.6) is 0 Å². The molecule has 0 saturated carbocycles. The molecule has 0 aliphatic rings. The van der Waals surface area contributed by atoms with Crippen LogP contribution in [0.25, 0.3) is 0 Å². The molecule has 0 aliphatic carbocycles. The molecule has 1 aromatic heterocycles. The van der Waals surface area contributed by atoms with Crippen LogP contribution in [0.3, 0.4) is 0 Å². The van der Waals surface area contributed by atoms with Gasteiger partial charge in [-0.25, -0.2) is 0 Å². The Balaban J connectivity index is 2.23. The van der Waals surface area contributed by atoms with Crippen LogP contribution < -0.4 is 4.90 Å². The number of benzene rings is 1. The number of aromatic nitrogens is 2. The summed E-state index contributed by atoms with van der Waals surface area (Å²) >= 11 is 0. The maximum absolute atomic E-state index is 12.2. The van der Waals surface area contributed by atoms with E-state index in [1.807, 2.05) is 31.2 Å². The van der Waals surface area contributed by atoms with Gasteiger partial charge in [-0.15, -0.1) is 0 Å². The lowest BCUT2D eigenvalue weighted by molar-refractivity contribution is 0.0992. The Morgan fingerprint density at radius 1 is 1.33 bits per heavy atom. The molecule has 2 aromatic rings. The number of nitrogens with one attached hydrogen (secondary N) is 1. The van der Waals surface area contributed by atoms with Gasteiger partial charge in [0, 0.05) is 18.4 Å². The summed E-state index contributed by atoms with van der Waals surface area (Å²) in [5, 5.41) is 6.65. The van der Waals surface area contributed by atoms with Gasteiger partial charge in [0.05, 0.1) is 11.8 Å². The molecule has 1 aromatic carbocycles. The van der Waals surface area contributed by atoms with Gasteiger partial charge in [-0.3, -0.25) is 9.89 Å². The number of aryl methyl sites for hydroxylation is 2. The summed E-state index contributed by atoms with van der Waals surface area (Å²) in [6.07, 6.45) is 2.56. The van der Waals surface area contributed by atoms with Crippen LogP contribution in [0.15, 0.2) is 30.5 Å². The zero-order valence-corrected chi connectivity index (χ0v) is 10.9. The Kier molecular flexibility index (Phi) is 3.46. The van der Waals surface area contributed by atoms with Crippen molar-refractivity contribution >= 4 is 11.6 Å². The van der Waals surface area contributed by atoms with Crippen molar-refractivity contribution in [2.45, 2.75) is 20.3 Å². The highest BCUT2D eigenvalue weighted by Crippen LogP contribution is 2.17. The first-order valence-corrected chi connectivity index (χ1v) is 6.00. The molecule has 0 saturated heterocycles. The number of rotatable bonds is 3. The van der Waals surface area contributed by atoms with E-state index in [2.05, 4.69) is 17.1 Å². The van der Waals surface area contributed by atoms with Crippen molar-refractivity contribution in [2.75, 3.05) is 11.9 Å². The number of H-pyrrole nitrogens is 1. The largest absolute Gasteiger partial charge is 0.311 e. The van der Waals surface area contributed by atoms with E-state index in [1.165, 1.54) is 5.56 Å². The summed E-state index contributed by atoms with van der Waals surface area (Å²) in [5.74, 6) is -0.0505. The third-order valence-electron chi connectivity index (χ3n) is 3.10. The lowest BCUT2D eigenvalue weighted by Crippen LogP contribution is -2.26. The van der Waals surface area contributed by atoms with Crippen molar-refractivity contribution in [2.24, 2.45) is 0 Å². The standard InChI is InChI=1S/C14H17N3O/c1-4-11-5-7-12(8-6-11)17(3)14(18)13-9-15-16-10(13)2/h5-9H,4H2,1-3H3,(H,15,16). The summed E-state index contributed by atoms with van der Waals surface area (Å²) < 4.78 is 0. The second kappa shape index (κ2) is 5.04. The molecule has 4 heteroatoms. The van der Waals surface area contributed by atoms with Gasteiger partial charge in [-0.2, -0.15) is 5.10 Å². The molecular weight excluding hydrogens is 226 g/mol. The minimum Gasteiger partial charge on any atom is -0.311 e. The molecule has 0 radical (unpaired) electrons. The van der Waals surface area contributed by atoms with Gasteiger partial charge in [0.15, 0.2) is 0 Å². The fourth-order valence-electron chi connectivity index (χ4n) is 1.82. The van der Waals surface area contributed by atoms with Gasteiger partial charge < -0.3 is 4.90 Å². The predicted molar refractivity (Wildman–Crippen MR) is 71.9 cm³/mol. The summed E-state index contributed by atoms with van der Waals surface area (Å²) in [6, 6.07) is 8.01. The molecule has 0 aliphatic heterocycles. The number of carbonyl (C=O) groups is 1. The van der Waals surface area contributed by atoms with Crippen LogP contribution in [-0.4, -0.2) is 23.2 Å². The van der Waals surface area contributed by atoms with Crippen LogP contribution >= 0.6 is 0 Å². The monoisotopic (exact) mass is 243 g/mol. The van der Waals surface area contributed by atoms with E-state index in [1.54, 1.807) is 18.1 Å². The van der Waals surface area contributed by atoms with Crippen molar-refractivity contribution in [1.82, 2.24) is 10.2 Å². The predicted octanol–water partition coefficient (Wildman–Crippen LogP) is 2.56. The molecule has 0 spiro atoms. The Hall–Kier alpha value is -2.10. The minimum absolute atomic E-state index is 0.0505. The zero-order valence-electron chi connectivity index (χ0n) is 10.9. The molecule has 94 valence electrons. The number of amides is 1. The van der Waals surface area contributed by atoms with Gasteiger partial charge in [-0.1, -0.05) is 19.1 Å². The van der Waals surface area contributed by atoms with Gasteiger partial charge in [0.1, 0.15) is 0 Å². The third-order valence-corrected chi connectivity index (χ3v) is 3.10. The first-order valence-electron chi connectivity index (χ1n) is 6.00. The molecule has 0 atom stereocenters. The zero-order chi connectivity index (χ0) is 13.1. The van der Waals surface area contributed by atoms with E-state index in [0.29, 0.717) is 5.56 Å². The van der Waals surface area contributed by atoms with Crippen molar-refractivity contribution < 1.29 is 4.79 Å². The quantitative estimate of drug-likeness (QED) is 0.900. The normalized spacial score (nSPS) is 10.4. The number of anilines is 1. The van der Waals surface area contributed by atoms with Crippen LogP contribution in [-0.2, 0) is 6.42 Å². The average Bonchev–Trinajstić information content (AvgIpc) is 2.83. The van der Waals surface area contributed by atoms with Crippen molar-refractivity contribution in [3.63, 3.8) is 0 Å². The van der Waals surface area contributed by atoms with Gasteiger partial charge in [0.25, 0.3) is 5.91 Å². The summed E-state index contributed by atoms with van der Waals surface area (Å²) in [4.78, 5) is 13.9. The van der Waals surface area contributed by atoms with Crippen LogP contribution in [0.4, 0.5) is 5.69 Å². The second-order valence-electron chi connectivity index (χ2n) is 4.29. The number of aromatic amines is 1. The van der Waals surface area contributed by atoms with E-state index >= 15 is 0 Å². The van der Waals surface area contributed by atoms with Crippen molar-refractivity contribution in [3.05, 3.63) is 47.3 Å². The Morgan fingerprint density at radius 2 is 2.00 bits per heavy atom. The van der Waals surface area contributed by atoms with E-state index in [0.717, 1.165) is 17.8 Å². The fourth-order valence-corrected chi connectivity index (χ4v) is 1.82. The number of nitrogens with zero attached hydrogens (tertiary/aromatic N) is 2. The summed E-state index contributed by atoms with van der Waals surface area (Å²) in [7, 11) is 1.77. The molecule has 0 fully saturated rings. The van der Waals surface area contributed by atoms with Crippen LogP contribution in [0, 0.1) is 6.92 Å². The van der Waals surface area contributed by atoms with E-state index in [4.69, 9.17) is 0 Å². The Morgan fingerprint density at radius 3 is 2.50 bits per heavy atom. The number of hydrogen-bond donors (Lipinski definition) is 1. The number of carbonyl (C=O) groups excluding carboxylic acids is 1. The lowest BCUT2D eigenvalue weighted by Gasteiger charge is -2.17. The van der Waals surface area contributed by atoms with Crippen LogP contribution in [0.2, 0.25) is 0 Å². The number of hydrogen-bond acceptors (Lipinski definition) is 2. The maximum atomic E-state index is 12.2. The van der Waals surface area contributed by atoms with Crippen molar-refractivity contribution in [3.8, 4) is 0 Å². The molecule has 4 nitrogen and oxygen atoms in total. The first kappa shape index (κ1) is 12.4. The van der Waals surface area contributed by atoms with E-state index in [-0.39, 0.29) is 5.91 Å². The summed E-state index contributed by atoms with van der Waals surface area (Å²) in [5.41, 5.74) is 3.55. The molecule has 0 unspecified atom stereocenters. The molecule has 0 bridgehead atoms. The maximum Gasteiger partial charge on any atom is 0.261 e. The van der Waals surface area contributed by atoms with E-state index < -0.39 is 0 Å². The Labute approximate surface area is 107 Å². The first-order chi connectivity index (χ1) is 8.63. The molecule has 1 heterocycles. The van der Waals surface area contributed by atoms with E-state index in [9.17, 15) is 4.79 Å². The topological polar surface area (TPSA) is 49.0 Å². The second-order valence-corrected chi connectivity index (χ2v) is 4.29. The SMILES string of the molecule is CCc1ccc(N(C)C(=O)c2cn[nH]c2C)cc1. The Bertz CT molecular complexity index is 542. The average molecular weight is 243 g/mol. The highest BCUT2D eigenvalue weighted by atomic mass is 16.2. The molecule has 18 heavy (non-hydrogen) atoms. The third kappa shape index (κ3) is 2.27. The van der Waals surface area contributed by atoms with Crippen molar-refractivity contribution in [1.29, 1.82) is 0 Å². The van der Waals surface area contributed by atoms with Crippen LogP contribution in [0.1, 0.15) is 28.5 Å². The van der Waals surface area contributed by atoms with Gasteiger partial charge in [0.2, 0.25) is 0 Å². The highest BCUT2D eigenvalue weighted by molar-refractivity contribution is 6.06.